The third-order valence-corrected chi connectivity index (χ3v) is 13.4. The van der Waals surface area contributed by atoms with Gasteiger partial charge < -0.3 is 15.0 Å². The Bertz CT molecular complexity index is 2310. The lowest BCUT2D eigenvalue weighted by molar-refractivity contribution is 0.0888. The molecule has 2 atom stereocenters. The van der Waals surface area contributed by atoms with Gasteiger partial charge in [0.2, 0.25) is 0 Å². The zero-order valence-electron chi connectivity index (χ0n) is 33.0. The van der Waals surface area contributed by atoms with E-state index in [9.17, 15) is 0 Å². The van der Waals surface area contributed by atoms with Gasteiger partial charge in [-0.25, -0.2) is 0 Å². The number of allylic oxidation sites excluding steroid dienone is 4. The van der Waals surface area contributed by atoms with Gasteiger partial charge >= 0.3 is 6.85 Å². The molecule has 5 aromatic rings. The first-order chi connectivity index (χ1) is 25.6. The monoisotopic (exact) mass is 700 g/mol. The second-order valence-corrected chi connectivity index (χ2v) is 16.9. The number of nitrogen functional groups attached to an aromatic ring is 1. The predicted octanol–water partition coefficient (Wildman–Crippen LogP) is 11.8. The number of nitrogens with two attached hydrogens (primary N) is 1. The molecule has 3 aliphatic rings. The number of benzene rings is 4. The Morgan fingerprint density at radius 1 is 0.906 bits per heavy atom. The number of anilines is 2. The maximum absolute atomic E-state index is 7.68. The molecule has 0 spiro atoms. The van der Waals surface area contributed by atoms with Crippen LogP contribution in [0.15, 0.2) is 95.6 Å². The van der Waals surface area contributed by atoms with Crippen LogP contribution < -0.4 is 21.5 Å². The number of fused-ring (bicyclic) bond motifs is 11. The molecule has 2 unspecified atom stereocenters. The number of aryl methyl sites for hydroxylation is 3. The minimum atomic E-state index is -0.164. The van der Waals surface area contributed by atoms with Crippen LogP contribution in [0.1, 0.15) is 114 Å². The first-order valence-electron chi connectivity index (χ1n) is 20.4. The predicted molar refractivity (Wildman–Crippen MR) is 230 cm³/mol. The summed E-state index contributed by atoms with van der Waals surface area (Å²) in [6.07, 6.45) is 21.1. The van der Waals surface area contributed by atoms with Crippen molar-refractivity contribution in [3.8, 4) is 11.1 Å². The van der Waals surface area contributed by atoms with E-state index in [1.807, 2.05) is 0 Å². The quantitative estimate of drug-likeness (QED) is 0.0945. The van der Waals surface area contributed by atoms with Gasteiger partial charge in [0.25, 0.3) is 0 Å². The van der Waals surface area contributed by atoms with Crippen LogP contribution in [0.5, 0.6) is 0 Å². The van der Waals surface area contributed by atoms with Gasteiger partial charge in [-0.05, 0) is 127 Å². The Morgan fingerprint density at radius 2 is 1.68 bits per heavy atom. The minimum Gasteiger partial charge on any atom is -0.454 e. The fraction of sp³-hybridized carbons (Fsp3) is 0.388. The highest BCUT2D eigenvalue weighted by Crippen LogP contribution is 2.56. The Morgan fingerprint density at radius 3 is 2.45 bits per heavy atom. The fourth-order valence-electron chi connectivity index (χ4n) is 10.3. The summed E-state index contributed by atoms with van der Waals surface area (Å²) in [6.45, 7) is 18.7. The average Bonchev–Trinajstić information content (AvgIpc) is 3.52. The molecular formula is C49H57BN2O. The standard InChI is InChI=1S/C49H57BN2O/c1-8-11-14-17-33(5)52-46-37(21-22-38-39-28-34(18-12-9-2)20-23-43(39)53-47(38)46)40-27-32(4)26-36-31-48(6)24-15-16-25-49(48,7)41-29-35(19-13-10-3)30-42(45(41)51)50(52)44(36)40/h8,11,14,17,20-23,26-30H,5,9-10,12-13,15-16,18-19,24-25,31,51H2,1-4,6-7H3/b11-8-,17-14-. The van der Waals surface area contributed by atoms with E-state index in [1.165, 1.54) is 87.4 Å². The van der Waals surface area contributed by atoms with Crippen molar-refractivity contribution >= 4 is 51.1 Å². The molecule has 53 heavy (non-hydrogen) atoms. The molecule has 0 saturated heterocycles. The maximum Gasteiger partial charge on any atom is 0.331 e. The van der Waals surface area contributed by atoms with Crippen LogP contribution in [0.3, 0.4) is 0 Å². The van der Waals surface area contributed by atoms with Crippen molar-refractivity contribution in [2.45, 2.75) is 118 Å². The van der Waals surface area contributed by atoms with E-state index >= 15 is 0 Å². The van der Waals surface area contributed by atoms with Gasteiger partial charge in [0.1, 0.15) is 5.58 Å². The van der Waals surface area contributed by atoms with Gasteiger partial charge in [-0.15, -0.1) is 0 Å². The molecule has 4 heteroatoms. The van der Waals surface area contributed by atoms with E-state index in [2.05, 4.69) is 125 Å². The lowest BCUT2D eigenvalue weighted by Gasteiger charge is -2.51. The molecule has 4 aromatic carbocycles. The first-order valence-corrected chi connectivity index (χ1v) is 20.4. The summed E-state index contributed by atoms with van der Waals surface area (Å²) in [4.78, 5) is 2.50. The van der Waals surface area contributed by atoms with E-state index in [0.717, 1.165) is 72.1 Å². The Balaban J connectivity index is 1.50. The smallest absolute Gasteiger partial charge is 0.331 e. The third kappa shape index (κ3) is 5.71. The lowest BCUT2D eigenvalue weighted by Crippen LogP contribution is -2.60. The van der Waals surface area contributed by atoms with Gasteiger partial charge in [-0.1, -0.05) is 120 Å². The SMILES string of the molecule is C=C(/C=C\C=C/C)N1B2c3cc(CCCC)cc(c3N)C3(C)CCCCC3(C)Cc3cc(C)cc(c32)-c2ccc3c(oc4ccc(CCCC)cc43)c21. The zero-order chi connectivity index (χ0) is 37.1. The molecule has 3 nitrogen and oxygen atoms in total. The summed E-state index contributed by atoms with van der Waals surface area (Å²) >= 11 is 0. The Hall–Kier alpha value is -4.44. The van der Waals surface area contributed by atoms with E-state index in [-0.39, 0.29) is 17.7 Å². The number of nitrogens with zero attached hydrogens (tertiary/aromatic N) is 1. The Labute approximate surface area is 318 Å². The van der Waals surface area contributed by atoms with Gasteiger partial charge in [0.15, 0.2) is 5.58 Å². The number of hydrogen-bond acceptors (Lipinski definition) is 3. The van der Waals surface area contributed by atoms with Crippen LogP contribution in [0.25, 0.3) is 33.1 Å². The molecule has 2 N–H and O–H groups in total. The van der Waals surface area contributed by atoms with Crippen molar-refractivity contribution in [3.05, 3.63) is 119 Å². The zero-order valence-corrected chi connectivity index (χ0v) is 33.0. The average molecular weight is 701 g/mol. The van der Waals surface area contributed by atoms with E-state index in [1.54, 1.807) is 0 Å². The van der Waals surface area contributed by atoms with Crippen molar-refractivity contribution in [3.63, 3.8) is 0 Å². The topological polar surface area (TPSA) is 42.4 Å². The van der Waals surface area contributed by atoms with Crippen LogP contribution in [0, 0.1) is 12.3 Å². The molecular weight excluding hydrogens is 643 g/mol. The van der Waals surface area contributed by atoms with Crippen LogP contribution in [-0.2, 0) is 24.7 Å². The minimum absolute atomic E-state index is 0.0432. The Kier molecular flexibility index (Phi) is 9.24. The molecule has 3 heterocycles. The molecule has 0 amide bonds. The third-order valence-electron chi connectivity index (χ3n) is 13.4. The van der Waals surface area contributed by atoms with Crippen LogP contribution in [-0.4, -0.2) is 6.85 Å². The summed E-state index contributed by atoms with van der Waals surface area (Å²) < 4.78 is 7.00. The summed E-state index contributed by atoms with van der Waals surface area (Å²) in [5.41, 5.74) is 24.5. The fourth-order valence-corrected chi connectivity index (χ4v) is 10.3. The molecule has 272 valence electrons. The summed E-state index contributed by atoms with van der Waals surface area (Å²) in [5, 5.41) is 2.34. The highest BCUT2D eigenvalue weighted by atomic mass is 16.3. The number of rotatable bonds is 9. The molecule has 1 fully saturated rings. The maximum atomic E-state index is 7.68. The molecule has 2 aliphatic heterocycles. The highest BCUT2D eigenvalue weighted by Gasteiger charge is 2.52. The first kappa shape index (κ1) is 35.6. The van der Waals surface area contributed by atoms with Crippen molar-refractivity contribution in [2.75, 3.05) is 10.5 Å². The van der Waals surface area contributed by atoms with E-state index in [0.29, 0.717) is 0 Å². The normalized spacial score (nSPS) is 20.8. The van der Waals surface area contributed by atoms with Crippen LogP contribution in [0.2, 0.25) is 0 Å². The van der Waals surface area contributed by atoms with Crippen molar-refractivity contribution < 1.29 is 4.42 Å². The second kappa shape index (κ2) is 13.8. The molecule has 1 aliphatic carbocycles. The molecule has 2 bridgehead atoms. The second-order valence-electron chi connectivity index (χ2n) is 16.9. The van der Waals surface area contributed by atoms with E-state index in [4.69, 9.17) is 16.7 Å². The summed E-state index contributed by atoms with van der Waals surface area (Å²) in [6, 6.07) is 21.3. The van der Waals surface area contributed by atoms with Gasteiger partial charge in [0, 0.05) is 33.1 Å². The van der Waals surface area contributed by atoms with Crippen molar-refractivity contribution in [1.29, 1.82) is 0 Å². The number of hydrogen-bond donors (Lipinski definition) is 1. The van der Waals surface area contributed by atoms with E-state index < -0.39 is 0 Å². The summed E-state index contributed by atoms with van der Waals surface area (Å²) in [5.74, 6) is 0. The van der Waals surface area contributed by atoms with Crippen LogP contribution >= 0.6 is 0 Å². The summed E-state index contributed by atoms with van der Waals surface area (Å²) in [7, 11) is 0. The van der Waals surface area contributed by atoms with Crippen molar-refractivity contribution in [2.24, 2.45) is 5.41 Å². The number of furan rings is 1. The van der Waals surface area contributed by atoms with Crippen LogP contribution in [0.4, 0.5) is 11.4 Å². The van der Waals surface area contributed by atoms with Gasteiger partial charge in [-0.3, -0.25) is 0 Å². The highest BCUT2D eigenvalue weighted by molar-refractivity contribution is 6.92. The lowest BCUT2D eigenvalue weighted by atomic mass is 9.43. The van der Waals surface area contributed by atoms with Crippen molar-refractivity contribution in [1.82, 2.24) is 0 Å². The largest absolute Gasteiger partial charge is 0.454 e. The van der Waals surface area contributed by atoms with Gasteiger partial charge in [-0.2, -0.15) is 0 Å². The molecule has 8 rings (SSSR count). The molecule has 0 radical (unpaired) electrons. The van der Waals surface area contributed by atoms with Gasteiger partial charge in [0.05, 0.1) is 5.69 Å². The molecule has 1 aromatic heterocycles. The molecule has 1 saturated carbocycles. The number of unbranched alkanes of at least 4 members (excludes halogenated alkanes) is 2.